The molecule has 0 saturated heterocycles. The third-order valence-corrected chi connectivity index (χ3v) is 6.12. The second kappa shape index (κ2) is 8.52. The number of rotatable bonds is 4. The van der Waals surface area contributed by atoms with Gasteiger partial charge in [0.15, 0.2) is 5.60 Å². The number of carbonyl (C=O) groups is 2. The molecule has 5 rings (SSSR count). The van der Waals surface area contributed by atoms with Crippen molar-refractivity contribution in [3.05, 3.63) is 119 Å². The van der Waals surface area contributed by atoms with Gasteiger partial charge in [-0.15, -0.1) is 0 Å². The van der Waals surface area contributed by atoms with Crippen LogP contribution in [0.1, 0.15) is 37.4 Å². The molecule has 1 aliphatic rings. The van der Waals surface area contributed by atoms with Crippen LogP contribution < -0.4 is 4.74 Å². The Morgan fingerprint density at radius 3 is 1.94 bits per heavy atom. The zero-order valence-corrected chi connectivity index (χ0v) is 18.8. The standard InChI is InChI=1S/C29H22O5/c1-32-27(30)19-17-24-22(25(18-19)28(31)33-2)13-14-26-23(24)15-16-29(34-26,20-9-5-3-6-10-20)21-11-7-4-8-12-21/h3-18H,1-2H3. The highest BCUT2D eigenvalue weighted by atomic mass is 16.5. The lowest BCUT2D eigenvalue weighted by atomic mass is 9.83. The number of fused-ring (bicyclic) bond motifs is 3. The van der Waals surface area contributed by atoms with Gasteiger partial charge in [0.05, 0.1) is 25.3 Å². The van der Waals surface area contributed by atoms with Crippen LogP contribution in [0.3, 0.4) is 0 Å². The summed E-state index contributed by atoms with van der Waals surface area (Å²) in [5.41, 5.74) is 2.48. The van der Waals surface area contributed by atoms with Crippen molar-refractivity contribution >= 4 is 28.8 Å². The van der Waals surface area contributed by atoms with E-state index in [0.717, 1.165) is 16.7 Å². The van der Waals surface area contributed by atoms with Crippen molar-refractivity contribution in [2.45, 2.75) is 5.60 Å². The van der Waals surface area contributed by atoms with Crippen molar-refractivity contribution in [1.82, 2.24) is 0 Å². The summed E-state index contributed by atoms with van der Waals surface area (Å²) in [6.07, 6.45) is 4.01. The first-order valence-corrected chi connectivity index (χ1v) is 10.8. The van der Waals surface area contributed by atoms with E-state index in [9.17, 15) is 9.59 Å². The Labute approximate surface area is 197 Å². The molecule has 0 atom stereocenters. The number of methoxy groups -OCH3 is 2. The fourth-order valence-corrected chi connectivity index (χ4v) is 4.47. The molecule has 0 amide bonds. The molecular formula is C29H22O5. The second-order valence-corrected chi connectivity index (χ2v) is 7.98. The molecule has 5 nitrogen and oxygen atoms in total. The van der Waals surface area contributed by atoms with Gasteiger partial charge in [-0.25, -0.2) is 9.59 Å². The SMILES string of the molecule is COC(=O)c1cc(C(=O)OC)c2ccc3c(c2c1)C=CC(c1ccccc1)(c1ccccc1)O3. The average molecular weight is 450 g/mol. The first-order chi connectivity index (χ1) is 16.6. The lowest BCUT2D eigenvalue weighted by molar-refractivity contribution is 0.0600. The minimum atomic E-state index is -0.825. The molecule has 34 heavy (non-hydrogen) atoms. The number of esters is 2. The topological polar surface area (TPSA) is 61.8 Å². The first kappa shape index (κ1) is 21.5. The molecule has 0 radical (unpaired) electrons. The Kier molecular flexibility index (Phi) is 5.38. The molecule has 0 spiro atoms. The van der Waals surface area contributed by atoms with Crippen LogP contribution in [0, 0.1) is 0 Å². The van der Waals surface area contributed by atoms with E-state index in [0.29, 0.717) is 22.1 Å². The molecule has 1 aliphatic heterocycles. The fraction of sp³-hybridized carbons (Fsp3) is 0.103. The molecule has 4 aromatic carbocycles. The molecule has 0 aromatic heterocycles. The largest absolute Gasteiger partial charge is 0.473 e. The lowest BCUT2D eigenvalue weighted by Gasteiger charge is -2.36. The average Bonchev–Trinajstić information content (AvgIpc) is 2.91. The highest BCUT2D eigenvalue weighted by Crippen LogP contribution is 2.44. The molecule has 1 heterocycles. The van der Waals surface area contributed by atoms with Gasteiger partial charge in [0.25, 0.3) is 0 Å². The van der Waals surface area contributed by atoms with Crippen LogP contribution in [0.25, 0.3) is 16.8 Å². The predicted octanol–water partition coefficient (Wildman–Crippen LogP) is 5.76. The van der Waals surface area contributed by atoms with Crippen LogP contribution in [0.5, 0.6) is 5.75 Å². The summed E-state index contributed by atoms with van der Waals surface area (Å²) in [6, 6.07) is 26.9. The van der Waals surface area contributed by atoms with Crippen molar-refractivity contribution < 1.29 is 23.8 Å². The Morgan fingerprint density at radius 2 is 1.35 bits per heavy atom. The summed E-state index contributed by atoms with van der Waals surface area (Å²) in [4.78, 5) is 24.8. The molecule has 0 bridgehead atoms. The van der Waals surface area contributed by atoms with Gasteiger partial charge in [-0.05, 0) is 47.2 Å². The van der Waals surface area contributed by atoms with Gasteiger partial charge in [0.2, 0.25) is 0 Å². The summed E-state index contributed by atoms with van der Waals surface area (Å²) >= 11 is 0. The van der Waals surface area contributed by atoms with Gasteiger partial charge in [-0.1, -0.05) is 60.7 Å². The number of ether oxygens (including phenoxy) is 3. The zero-order valence-electron chi connectivity index (χ0n) is 18.8. The Hall–Kier alpha value is -4.38. The highest BCUT2D eigenvalue weighted by Gasteiger charge is 2.37. The second-order valence-electron chi connectivity index (χ2n) is 7.98. The summed E-state index contributed by atoms with van der Waals surface area (Å²) < 4.78 is 16.6. The third kappa shape index (κ3) is 3.42. The minimum Gasteiger partial charge on any atom is -0.473 e. The summed E-state index contributed by atoms with van der Waals surface area (Å²) in [6.45, 7) is 0. The van der Waals surface area contributed by atoms with Crippen LogP contribution in [-0.4, -0.2) is 26.2 Å². The van der Waals surface area contributed by atoms with Crippen LogP contribution in [0.4, 0.5) is 0 Å². The highest BCUT2D eigenvalue weighted by molar-refractivity contribution is 6.10. The van der Waals surface area contributed by atoms with Crippen molar-refractivity contribution in [3.63, 3.8) is 0 Å². The normalized spacial score (nSPS) is 13.6. The Morgan fingerprint density at radius 1 is 0.735 bits per heavy atom. The Bertz CT molecular complexity index is 1380. The van der Waals surface area contributed by atoms with Crippen molar-refractivity contribution in [2.75, 3.05) is 14.2 Å². The zero-order chi connectivity index (χ0) is 23.7. The van der Waals surface area contributed by atoms with Crippen LogP contribution >= 0.6 is 0 Å². The van der Waals surface area contributed by atoms with E-state index in [1.54, 1.807) is 6.07 Å². The van der Waals surface area contributed by atoms with Crippen molar-refractivity contribution in [2.24, 2.45) is 0 Å². The molecular weight excluding hydrogens is 428 g/mol. The van der Waals surface area contributed by atoms with E-state index in [4.69, 9.17) is 14.2 Å². The summed E-state index contributed by atoms with van der Waals surface area (Å²) in [5, 5.41) is 1.37. The maximum Gasteiger partial charge on any atom is 0.338 e. The van der Waals surface area contributed by atoms with E-state index < -0.39 is 17.5 Å². The number of hydrogen-bond donors (Lipinski definition) is 0. The van der Waals surface area contributed by atoms with Crippen LogP contribution in [-0.2, 0) is 15.1 Å². The molecule has 0 unspecified atom stereocenters. The van der Waals surface area contributed by atoms with Crippen LogP contribution in [0.2, 0.25) is 0 Å². The quantitative estimate of drug-likeness (QED) is 0.370. The molecule has 4 aromatic rings. The van der Waals surface area contributed by atoms with Gasteiger partial charge in [0.1, 0.15) is 5.75 Å². The maximum absolute atomic E-state index is 12.5. The van der Waals surface area contributed by atoms with Gasteiger partial charge in [-0.3, -0.25) is 0 Å². The third-order valence-electron chi connectivity index (χ3n) is 6.12. The number of benzene rings is 4. The molecule has 0 fully saturated rings. The maximum atomic E-state index is 12.5. The number of carbonyl (C=O) groups excluding carboxylic acids is 2. The summed E-state index contributed by atoms with van der Waals surface area (Å²) in [7, 11) is 2.62. The molecule has 0 N–H and O–H groups in total. The Balaban J connectivity index is 1.75. The van der Waals surface area contributed by atoms with E-state index in [1.807, 2.05) is 84.9 Å². The van der Waals surface area contributed by atoms with Gasteiger partial charge >= 0.3 is 11.9 Å². The fourth-order valence-electron chi connectivity index (χ4n) is 4.47. The molecule has 0 saturated carbocycles. The molecule has 5 heteroatoms. The predicted molar refractivity (Wildman–Crippen MR) is 130 cm³/mol. The van der Waals surface area contributed by atoms with Crippen molar-refractivity contribution in [3.8, 4) is 5.75 Å². The first-order valence-electron chi connectivity index (χ1n) is 10.8. The molecule has 168 valence electrons. The summed E-state index contributed by atoms with van der Waals surface area (Å²) in [5.74, 6) is -0.423. The number of hydrogen-bond acceptors (Lipinski definition) is 5. The minimum absolute atomic E-state index is 0.264. The smallest absolute Gasteiger partial charge is 0.338 e. The van der Waals surface area contributed by atoms with Gasteiger partial charge in [-0.2, -0.15) is 0 Å². The molecule has 0 aliphatic carbocycles. The van der Waals surface area contributed by atoms with E-state index in [2.05, 4.69) is 0 Å². The van der Waals surface area contributed by atoms with Crippen molar-refractivity contribution in [1.29, 1.82) is 0 Å². The van der Waals surface area contributed by atoms with E-state index in [1.165, 1.54) is 20.3 Å². The van der Waals surface area contributed by atoms with Gasteiger partial charge < -0.3 is 14.2 Å². The monoisotopic (exact) mass is 450 g/mol. The van der Waals surface area contributed by atoms with E-state index in [-0.39, 0.29) is 5.56 Å². The van der Waals surface area contributed by atoms with Crippen LogP contribution in [0.15, 0.2) is 91.0 Å². The lowest BCUT2D eigenvalue weighted by Crippen LogP contribution is -2.34. The van der Waals surface area contributed by atoms with Gasteiger partial charge in [0, 0.05) is 16.7 Å². The van der Waals surface area contributed by atoms with E-state index >= 15 is 0 Å².